The third-order valence-corrected chi connectivity index (χ3v) is 3.20. The van der Waals surface area contributed by atoms with Crippen LogP contribution in [0.3, 0.4) is 0 Å². The van der Waals surface area contributed by atoms with Gasteiger partial charge in [0.1, 0.15) is 0 Å². The number of hydrogen-bond acceptors (Lipinski definition) is 6. The molecule has 118 valence electrons. The zero-order valence-corrected chi connectivity index (χ0v) is 12.8. The molecule has 0 spiro atoms. The second kappa shape index (κ2) is 6.43. The summed E-state index contributed by atoms with van der Waals surface area (Å²) in [7, 11) is 0. The number of carbonyl (C=O) groups excluding carboxylic acids is 1. The molecule has 0 aliphatic carbocycles. The molecule has 7 heteroatoms. The molecular formula is C16H16N4O3. The van der Waals surface area contributed by atoms with Crippen LogP contribution in [0.25, 0.3) is 5.69 Å². The van der Waals surface area contributed by atoms with Crippen LogP contribution in [0.5, 0.6) is 0 Å². The van der Waals surface area contributed by atoms with Gasteiger partial charge in [0, 0.05) is 18.3 Å². The number of aromatic nitrogens is 4. The standard InChI is InChI=1S/C16H16N4O3/c1-11(2)15-18-14(23-19-15)10-22-16(21)12-4-6-13(7-5-12)20-9-3-8-17-20/h3-9,11H,10H2,1-2H3. The Morgan fingerprint density at radius 2 is 2.09 bits per heavy atom. The molecule has 0 N–H and O–H groups in total. The highest BCUT2D eigenvalue weighted by Crippen LogP contribution is 2.12. The van der Waals surface area contributed by atoms with Gasteiger partial charge in [-0.15, -0.1) is 0 Å². The van der Waals surface area contributed by atoms with Crippen molar-refractivity contribution in [3.8, 4) is 5.69 Å². The normalized spacial score (nSPS) is 10.9. The van der Waals surface area contributed by atoms with Crippen LogP contribution in [-0.4, -0.2) is 25.9 Å². The van der Waals surface area contributed by atoms with Gasteiger partial charge < -0.3 is 9.26 Å². The molecule has 0 atom stereocenters. The number of rotatable bonds is 5. The van der Waals surface area contributed by atoms with Gasteiger partial charge in [-0.05, 0) is 30.3 Å². The zero-order valence-electron chi connectivity index (χ0n) is 12.8. The Bertz CT molecular complexity index is 776. The lowest BCUT2D eigenvalue weighted by Crippen LogP contribution is -2.06. The maximum Gasteiger partial charge on any atom is 0.338 e. The van der Waals surface area contributed by atoms with Gasteiger partial charge in [-0.1, -0.05) is 19.0 Å². The fourth-order valence-corrected chi connectivity index (χ4v) is 1.94. The molecule has 23 heavy (non-hydrogen) atoms. The third-order valence-electron chi connectivity index (χ3n) is 3.20. The zero-order chi connectivity index (χ0) is 16.2. The van der Waals surface area contributed by atoms with Crippen molar-refractivity contribution in [2.75, 3.05) is 0 Å². The van der Waals surface area contributed by atoms with E-state index in [1.807, 2.05) is 26.1 Å². The highest BCUT2D eigenvalue weighted by atomic mass is 16.6. The molecule has 0 aliphatic rings. The Hall–Kier alpha value is -2.96. The summed E-state index contributed by atoms with van der Waals surface area (Å²) in [6, 6.07) is 8.80. The number of ether oxygens (including phenoxy) is 1. The van der Waals surface area contributed by atoms with Crippen LogP contribution in [0.2, 0.25) is 0 Å². The maximum absolute atomic E-state index is 12.0. The first-order chi connectivity index (χ1) is 11.1. The minimum atomic E-state index is -0.443. The van der Waals surface area contributed by atoms with E-state index >= 15 is 0 Å². The molecule has 3 rings (SSSR count). The molecule has 0 saturated carbocycles. The minimum absolute atomic E-state index is 0.0422. The lowest BCUT2D eigenvalue weighted by Gasteiger charge is -2.04. The maximum atomic E-state index is 12.0. The molecule has 0 amide bonds. The van der Waals surface area contributed by atoms with E-state index in [-0.39, 0.29) is 18.4 Å². The molecule has 2 heterocycles. The van der Waals surface area contributed by atoms with Crippen LogP contribution in [0.1, 0.15) is 41.8 Å². The van der Waals surface area contributed by atoms with E-state index in [9.17, 15) is 4.79 Å². The number of esters is 1. The Labute approximate surface area is 132 Å². The molecule has 7 nitrogen and oxygen atoms in total. The minimum Gasteiger partial charge on any atom is -0.452 e. The Morgan fingerprint density at radius 3 is 2.70 bits per heavy atom. The van der Waals surface area contributed by atoms with E-state index in [2.05, 4.69) is 15.2 Å². The van der Waals surface area contributed by atoms with Gasteiger partial charge in [-0.2, -0.15) is 10.1 Å². The number of hydrogen-bond donors (Lipinski definition) is 0. The van der Waals surface area contributed by atoms with Crippen LogP contribution < -0.4 is 0 Å². The van der Waals surface area contributed by atoms with Crippen LogP contribution in [-0.2, 0) is 11.3 Å². The molecule has 3 aromatic rings. The van der Waals surface area contributed by atoms with Crippen LogP contribution in [0.15, 0.2) is 47.2 Å². The largest absolute Gasteiger partial charge is 0.452 e. The summed E-state index contributed by atoms with van der Waals surface area (Å²) in [6.07, 6.45) is 3.52. The second-order valence-electron chi connectivity index (χ2n) is 5.27. The molecule has 0 saturated heterocycles. The first-order valence-electron chi connectivity index (χ1n) is 7.23. The van der Waals surface area contributed by atoms with E-state index in [0.717, 1.165) is 5.69 Å². The molecular weight excluding hydrogens is 296 g/mol. The molecule has 1 aromatic carbocycles. The Balaban J connectivity index is 1.61. The van der Waals surface area contributed by atoms with Crippen LogP contribution in [0.4, 0.5) is 0 Å². The van der Waals surface area contributed by atoms with Gasteiger partial charge in [0.05, 0.1) is 11.3 Å². The SMILES string of the molecule is CC(C)c1noc(COC(=O)c2ccc(-n3cccn3)cc2)n1. The predicted molar refractivity (Wildman–Crippen MR) is 81.1 cm³/mol. The van der Waals surface area contributed by atoms with Crippen LogP contribution in [0, 0.1) is 0 Å². The summed E-state index contributed by atoms with van der Waals surface area (Å²) in [5.74, 6) is 0.606. The molecule has 0 bridgehead atoms. The van der Waals surface area contributed by atoms with Crippen molar-refractivity contribution in [2.45, 2.75) is 26.4 Å². The predicted octanol–water partition coefficient (Wildman–Crippen LogP) is 2.74. The van der Waals surface area contributed by atoms with Crippen molar-refractivity contribution < 1.29 is 14.1 Å². The van der Waals surface area contributed by atoms with Gasteiger partial charge >= 0.3 is 5.97 Å². The number of nitrogens with zero attached hydrogens (tertiary/aromatic N) is 4. The van der Waals surface area contributed by atoms with E-state index in [1.54, 1.807) is 35.1 Å². The summed E-state index contributed by atoms with van der Waals surface area (Å²) >= 11 is 0. The highest BCUT2D eigenvalue weighted by molar-refractivity contribution is 5.89. The molecule has 2 aromatic heterocycles. The van der Waals surface area contributed by atoms with Gasteiger partial charge in [0.2, 0.25) is 0 Å². The molecule has 0 fully saturated rings. The fourth-order valence-electron chi connectivity index (χ4n) is 1.94. The van der Waals surface area contributed by atoms with Gasteiger partial charge in [0.15, 0.2) is 12.4 Å². The Morgan fingerprint density at radius 1 is 1.30 bits per heavy atom. The van der Waals surface area contributed by atoms with Crippen LogP contribution >= 0.6 is 0 Å². The Kier molecular flexibility index (Phi) is 4.18. The lowest BCUT2D eigenvalue weighted by molar-refractivity contribution is 0.0430. The quantitative estimate of drug-likeness (QED) is 0.674. The summed E-state index contributed by atoms with van der Waals surface area (Å²) in [6.45, 7) is 3.88. The second-order valence-corrected chi connectivity index (χ2v) is 5.27. The fraction of sp³-hybridized carbons (Fsp3) is 0.250. The highest BCUT2D eigenvalue weighted by Gasteiger charge is 2.13. The van der Waals surface area contributed by atoms with Crippen molar-refractivity contribution >= 4 is 5.97 Å². The molecule has 0 aliphatic heterocycles. The number of carbonyl (C=O) groups is 1. The average Bonchev–Trinajstić information content (AvgIpc) is 3.24. The average molecular weight is 312 g/mol. The summed E-state index contributed by atoms with van der Waals surface area (Å²) < 4.78 is 11.9. The van der Waals surface area contributed by atoms with E-state index in [1.165, 1.54) is 0 Å². The number of benzene rings is 1. The van der Waals surface area contributed by atoms with Crippen molar-refractivity contribution in [3.05, 3.63) is 60.0 Å². The third kappa shape index (κ3) is 3.45. The summed E-state index contributed by atoms with van der Waals surface area (Å²) in [5.41, 5.74) is 1.31. The van der Waals surface area contributed by atoms with Crippen molar-refractivity contribution in [1.29, 1.82) is 0 Å². The van der Waals surface area contributed by atoms with E-state index < -0.39 is 5.97 Å². The van der Waals surface area contributed by atoms with Gasteiger partial charge in [-0.3, -0.25) is 0 Å². The summed E-state index contributed by atoms with van der Waals surface area (Å²) in [5, 5.41) is 7.95. The van der Waals surface area contributed by atoms with Crippen molar-refractivity contribution in [1.82, 2.24) is 19.9 Å². The summed E-state index contributed by atoms with van der Waals surface area (Å²) in [4.78, 5) is 16.2. The van der Waals surface area contributed by atoms with Gasteiger partial charge in [0.25, 0.3) is 5.89 Å². The molecule has 0 unspecified atom stereocenters. The first-order valence-corrected chi connectivity index (χ1v) is 7.23. The topological polar surface area (TPSA) is 83.0 Å². The van der Waals surface area contributed by atoms with Crippen molar-refractivity contribution in [2.24, 2.45) is 0 Å². The first kappa shape index (κ1) is 15.0. The van der Waals surface area contributed by atoms with Gasteiger partial charge in [-0.25, -0.2) is 9.48 Å². The smallest absolute Gasteiger partial charge is 0.338 e. The van der Waals surface area contributed by atoms with Crippen molar-refractivity contribution in [3.63, 3.8) is 0 Å². The van der Waals surface area contributed by atoms with E-state index in [0.29, 0.717) is 11.4 Å². The van der Waals surface area contributed by atoms with E-state index in [4.69, 9.17) is 9.26 Å². The molecule has 0 radical (unpaired) electrons. The monoisotopic (exact) mass is 312 g/mol. The lowest BCUT2D eigenvalue weighted by atomic mass is 10.2.